The van der Waals surface area contributed by atoms with E-state index in [9.17, 15) is 9.59 Å². The van der Waals surface area contributed by atoms with E-state index in [4.69, 9.17) is 9.47 Å². The predicted molar refractivity (Wildman–Crippen MR) is 155 cm³/mol. The Bertz CT molecular complexity index is 1550. The zero-order valence-corrected chi connectivity index (χ0v) is 22.2. The lowest BCUT2D eigenvalue weighted by molar-refractivity contribution is -0.142. The number of hydrogen-bond acceptors (Lipinski definition) is 4. The number of fused-ring (bicyclic) bond motifs is 3. The molecule has 4 aromatic rings. The minimum absolute atomic E-state index is 0.186. The quantitative estimate of drug-likeness (QED) is 0.150. The van der Waals surface area contributed by atoms with E-state index in [-0.39, 0.29) is 13.2 Å². The third kappa shape index (κ3) is 7.66. The lowest BCUT2D eigenvalue weighted by atomic mass is 10.1. The average molecular weight is 521 g/mol. The number of para-hydroxylation sites is 2. The highest BCUT2D eigenvalue weighted by Crippen LogP contribution is 2.32. The molecule has 6 heteroatoms. The van der Waals surface area contributed by atoms with Crippen LogP contribution in [0.25, 0.3) is 27.5 Å². The number of ether oxygens (including phenoxy) is 2. The number of aromatic nitrogens is 1. The molecule has 6 nitrogen and oxygen atoms in total. The van der Waals surface area contributed by atoms with Gasteiger partial charge in [0.1, 0.15) is 6.54 Å². The molecule has 198 valence electrons. The molecule has 0 radical (unpaired) electrons. The fraction of sp³-hybridized carbons (Fsp3) is 0.273. The third-order valence-corrected chi connectivity index (χ3v) is 6.11. The first-order valence-electron chi connectivity index (χ1n) is 13.3. The number of benzene rings is 3. The van der Waals surface area contributed by atoms with E-state index in [0.29, 0.717) is 19.4 Å². The van der Waals surface area contributed by atoms with Gasteiger partial charge in [-0.2, -0.15) is 0 Å². The molecule has 1 heterocycles. The van der Waals surface area contributed by atoms with E-state index in [2.05, 4.69) is 94.2 Å². The maximum atomic E-state index is 11.6. The first-order valence-corrected chi connectivity index (χ1v) is 13.3. The van der Waals surface area contributed by atoms with Gasteiger partial charge in [0.2, 0.25) is 0 Å². The maximum absolute atomic E-state index is 11.6. The van der Waals surface area contributed by atoms with Crippen LogP contribution in [0.5, 0.6) is 0 Å². The van der Waals surface area contributed by atoms with Crippen LogP contribution in [0.3, 0.4) is 0 Å². The van der Waals surface area contributed by atoms with Gasteiger partial charge in [0.25, 0.3) is 0 Å². The second kappa shape index (κ2) is 14.3. The number of alkyl carbamates (subject to hydrolysis) is 1. The summed E-state index contributed by atoms with van der Waals surface area (Å²) in [4.78, 5) is 23.1. The second-order valence-corrected chi connectivity index (χ2v) is 8.99. The molecule has 0 bridgehead atoms. The summed E-state index contributed by atoms with van der Waals surface area (Å²) >= 11 is 0. The van der Waals surface area contributed by atoms with Crippen LogP contribution in [0, 0.1) is 23.7 Å². The summed E-state index contributed by atoms with van der Waals surface area (Å²) in [5.74, 6) is 11.6. The van der Waals surface area contributed by atoms with Gasteiger partial charge in [0, 0.05) is 28.4 Å². The second-order valence-electron chi connectivity index (χ2n) is 8.99. The fourth-order valence-corrected chi connectivity index (χ4v) is 4.17. The van der Waals surface area contributed by atoms with E-state index in [1.807, 2.05) is 19.1 Å². The minimum Gasteiger partial charge on any atom is -0.464 e. The molecule has 1 aromatic heterocycles. The number of hydrogen-bond donors (Lipinski definition) is 1. The van der Waals surface area contributed by atoms with Crippen molar-refractivity contribution >= 4 is 33.9 Å². The van der Waals surface area contributed by atoms with Crippen molar-refractivity contribution in [3.63, 3.8) is 0 Å². The molecule has 0 atom stereocenters. The number of amides is 1. The molecular formula is C33H32N2O4. The zero-order valence-electron chi connectivity index (χ0n) is 22.2. The molecule has 0 fully saturated rings. The van der Waals surface area contributed by atoms with E-state index in [1.165, 1.54) is 5.39 Å². The van der Waals surface area contributed by atoms with Crippen molar-refractivity contribution in [3.8, 4) is 29.4 Å². The van der Waals surface area contributed by atoms with Gasteiger partial charge in [-0.15, -0.1) is 0 Å². The van der Waals surface area contributed by atoms with Gasteiger partial charge in [0.15, 0.2) is 0 Å². The summed E-state index contributed by atoms with van der Waals surface area (Å²) in [7, 11) is 0. The highest BCUT2D eigenvalue weighted by molar-refractivity contribution is 6.09. The standard InChI is InChI=1S/C33H32N2O4/c1-2-3-22-38-32(36)25-34-33(37)39-23-14-7-5-4-6-9-15-26-20-21-31-29(24-26)28-18-12-13-19-30(28)35(31)27-16-10-8-11-17-27/h8,10-13,16-21,24H,2-3,5,7,14,22-23,25H2,1H3,(H,34,37). The van der Waals surface area contributed by atoms with Crippen molar-refractivity contribution in [2.24, 2.45) is 0 Å². The van der Waals surface area contributed by atoms with Crippen molar-refractivity contribution in [1.82, 2.24) is 9.88 Å². The Labute approximate surface area is 229 Å². The monoisotopic (exact) mass is 520 g/mol. The molecule has 3 aromatic carbocycles. The summed E-state index contributed by atoms with van der Waals surface area (Å²) < 4.78 is 12.3. The topological polar surface area (TPSA) is 69.6 Å². The maximum Gasteiger partial charge on any atom is 0.407 e. The van der Waals surface area contributed by atoms with E-state index in [0.717, 1.165) is 46.9 Å². The van der Waals surface area contributed by atoms with Gasteiger partial charge >= 0.3 is 12.1 Å². The summed E-state index contributed by atoms with van der Waals surface area (Å²) in [6.07, 6.45) is 3.25. The van der Waals surface area contributed by atoms with Crippen molar-refractivity contribution in [2.75, 3.05) is 19.8 Å². The Morgan fingerprint density at radius 2 is 1.59 bits per heavy atom. The number of esters is 1. The molecule has 0 aliphatic carbocycles. The Morgan fingerprint density at radius 1 is 0.821 bits per heavy atom. The smallest absolute Gasteiger partial charge is 0.407 e. The molecule has 39 heavy (non-hydrogen) atoms. The van der Waals surface area contributed by atoms with E-state index >= 15 is 0 Å². The molecule has 1 amide bonds. The van der Waals surface area contributed by atoms with Crippen LogP contribution in [-0.4, -0.2) is 36.4 Å². The summed E-state index contributed by atoms with van der Waals surface area (Å²) in [6.45, 7) is 2.46. The Balaban J connectivity index is 1.25. The molecule has 0 aliphatic heterocycles. The fourth-order valence-electron chi connectivity index (χ4n) is 4.17. The number of nitrogens with one attached hydrogen (secondary N) is 1. The number of carbonyl (C=O) groups excluding carboxylic acids is 2. The largest absolute Gasteiger partial charge is 0.464 e. The van der Waals surface area contributed by atoms with Crippen molar-refractivity contribution < 1.29 is 19.1 Å². The van der Waals surface area contributed by atoms with E-state index < -0.39 is 12.1 Å². The van der Waals surface area contributed by atoms with Gasteiger partial charge < -0.3 is 19.4 Å². The Kier molecular flexibility index (Phi) is 10.0. The molecule has 1 N–H and O–H groups in total. The number of carbonyl (C=O) groups is 2. The summed E-state index contributed by atoms with van der Waals surface area (Å²) in [5, 5.41) is 4.74. The lowest BCUT2D eigenvalue weighted by Gasteiger charge is -2.07. The van der Waals surface area contributed by atoms with Gasteiger partial charge in [0.05, 0.1) is 24.2 Å². The summed E-state index contributed by atoms with van der Waals surface area (Å²) in [6, 6.07) is 25.0. The highest BCUT2D eigenvalue weighted by Gasteiger charge is 2.11. The predicted octanol–water partition coefficient (Wildman–Crippen LogP) is 6.38. The van der Waals surface area contributed by atoms with Crippen LogP contribution in [0.15, 0.2) is 72.8 Å². The Morgan fingerprint density at radius 3 is 2.44 bits per heavy atom. The van der Waals surface area contributed by atoms with Crippen LogP contribution in [0.1, 0.15) is 44.6 Å². The van der Waals surface area contributed by atoms with Crippen LogP contribution >= 0.6 is 0 Å². The summed E-state index contributed by atoms with van der Waals surface area (Å²) in [5.41, 5.74) is 4.35. The molecule has 4 rings (SSSR count). The molecular weight excluding hydrogens is 488 g/mol. The first-order chi connectivity index (χ1) is 19.2. The van der Waals surface area contributed by atoms with Gasteiger partial charge in [-0.25, -0.2) is 4.79 Å². The van der Waals surface area contributed by atoms with Crippen molar-refractivity contribution in [3.05, 3.63) is 78.4 Å². The average Bonchev–Trinajstić information content (AvgIpc) is 3.29. The first kappa shape index (κ1) is 27.4. The van der Waals surface area contributed by atoms with Crippen molar-refractivity contribution in [2.45, 2.75) is 39.0 Å². The number of unbranched alkanes of at least 4 members (excludes halogenated alkanes) is 3. The molecule has 0 spiro atoms. The lowest BCUT2D eigenvalue weighted by Crippen LogP contribution is -2.31. The highest BCUT2D eigenvalue weighted by atomic mass is 16.6. The minimum atomic E-state index is -0.622. The Hall–Kier alpha value is -4.68. The van der Waals surface area contributed by atoms with Crippen LogP contribution in [0.4, 0.5) is 4.79 Å². The molecule has 0 aliphatic rings. The molecule has 0 unspecified atom stereocenters. The normalized spacial score (nSPS) is 10.3. The number of nitrogens with zero attached hydrogens (tertiary/aromatic N) is 1. The zero-order chi connectivity index (χ0) is 27.3. The SMILES string of the molecule is CCCCOC(=O)CNC(=O)OCCCCC#CC#Cc1ccc2c(c1)c1ccccc1n2-c1ccccc1. The van der Waals surface area contributed by atoms with Crippen LogP contribution in [0.2, 0.25) is 0 Å². The van der Waals surface area contributed by atoms with Gasteiger partial charge in [-0.3, -0.25) is 4.79 Å². The number of rotatable bonds is 10. The molecule has 0 saturated heterocycles. The van der Waals surface area contributed by atoms with Gasteiger partial charge in [-0.1, -0.05) is 61.6 Å². The third-order valence-electron chi connectivity index (χ3n) is 6.11. The van der Waals surface area contributed by atoms with Crippen LogP contribution in [-0.2, 0) is 14.3 Å². The van der Waals surface area contributed by atoms with E-state index in [1.54, 1.807) is 0 Å². The van der Waals surface area contributed by atoms with Gasteiger partial charge in [-0.05, 0) is 67.5 Å². The van der Waals surface area contributed by atoms with Crippen molar-refractivity contribution in [1.29, 1.82) is 0 Å². The van der Waals surface area contributed by atoms with Crippen LogP contribution < -0.4 is 5.32 Å². The molecule has 0 saturated carbocycles.